The van der Waals surface area contributed by atoms with Crippen molar-refractivity contribution >= 4 is 11.8 Å². The van der Waals surface area contributed by atoms with Gasteiger partial charge in [-0.2, -0.15) is 22.0 Å². The quantitative estimate of drug-likeness (QED) is 0.688. The first-order chi connectivity index (χ1) is 8.45. The fraction of sp³-hybridized carbons (Fsp3) is 0.444. The smallest absolute Gasteiger partial charge is 0.426 e. The second-order valence-electron chi connectivity index (χ2n) is 3.43. The summed E-state index contributed by atoms with van der Waals surface area (Å²) in [6.45, 7) is 1.21. The second kappa shape index (κ2) is 4.99. The molecule has 0 unspecified atom stereocenters. The van der Waals surface area contributed by atoms with E-state index in [0.717, 1.165) is 6.07 Å². The lowest BCUT2D eigenvalue weighted by molar-refractivity contribution is -0.219. The largest absolute Gasteiger partial charge is 0.506 e. The van der Waals surface area contributed by atoms with Crippen molar-refractivity contribution in [3.8, 4) is 5.75 Å². The van der Waals surface area contributed by atoms with E-state index in [2.05, 4.69) is 4.42 Å². The molecule has 0 aliphatic carbocycles. The molecule has 108 valence electrons. The molecule has 0 aliphatic rings. The predicted molar refractivity (Wildman–Crippen MR) is 53.1 cm³/mol. The molecule has 0 amide bonds. The summed E-state index contributed by atoms with van der Waals surface area (Å²) in [5.41, 5.74) is -1.48. The van der Waals surface area contributed by atoms with Crippen molar-refractivity contribution in [3.05, 3.63) is 22.2 Å². The van der Waals surface area contributed by atoms with E-state index in [9.17, 15) is 36.2 Å². The maximum absolute atomic E-state index is 13.0. The number of aryl methyl sites for hydroxylation is 1. The van der Waals surface area contributed by atoms with Gasteiger partial charge < -0.3 is 9.52 Å². The van der Waals surface area contributed by atoms with Crippen LogP contribution in [-0.4, -0.2) is 22.7 Å². The Morgan fingerprint density at radius 1 is 1.32 bits per heavy atom. The number of alkyl halides is 6. The first kappa shape index (κ1) is 15.7. The van der Waals surface area contributed by atoms with Crippen molar-refractivity contribution in [1.29, 1.82) is 0 Å². The summed E-state index contributed by atoms with van der Waals surface area (Å²) < 4.78 is 78.6. The van der Waals surface area contributed by atoms with Gasteiger partial charge in [-0.05, 0) is 18.7 Å². The van der Waals surface area contributed by atoms with Crippen molar-refractivity contribution in [2.45, 2.75) is 29.4 Å². The van der Waals surface area contributed by atoms with Crippen molar-refractivity contribution in [1.82, 2.24) is 0 Å². The predicted octanol–water partition coefficient (Wildman–Crippen LogP) is 3.24. The fourth-order valence-corrected chi connectivity index (χ4v) is 1.85. The normalized spacial score (nSPS) is 14.5. The van der Waals surface area contributed by atoms with Gasteiger partial charge >= 0.3 is 17.1 Å². The lowest BCUT2D eigenvalue weighted by Crippen LogP contribution is -2.39. The highest BCUT2D eigenvalue weighted by atomic mass is 32.2. The van der Waals surface area contributed by atoms with Gasteiger partial charge in [0.25, 0.3) is 6.17 Å². The number of hydrogen-bond acceptors (Lipinski definition) is 4. The van der Waals surface area contributed by atoms with Crippen LogP contribution in [0.1, 0.15) is 5.76 Å². The van der Waals surface area contributed by atoms with Crippen molar-refractivity contribution in [2.75, 3.05) is 0 Å². The molecule has 10 heteroatoms. The third kappa shape index (κ3) is 3.58. The number of rotatable bonds is 3. The molecule has 0 fully saturated rings. The molecule has 1 heterocycles. The van der Waals surface area contributed by atoms with Gasteiger partial charge in [0.15, 0.2) is 0 Å². The molecule has 1 atom stereocenters. The van der Waals surface area contributed by atoms with Crippen molar-refractivity contribution in [3.63, 3.8) is 0 Å². The zero-order valence-electron chi connectivity index (χ0n) is 9.09. The average molecular weight is 308 g/mol. The SMILES string of the molecule is Cc1cc(O)c(SC(F)(F)[C@H](F)C(F)(F)F)c(=O)o1. The Morgan fingerprint density at radius 3 is 2.26 bits per heavy atom. The lowest BCUT2D eigenvalue weighted by Gasteiger charge is -2.21. The third-order valence-electron chi connectivity index (χ3n) is 1.83. The van der Waals surface area contributed by atoms with Gasteiger partial charge in [0.2, 0.25) is 0 Å². The average Bonchev–Trinajstić information content (AvgIpc) is 2.21. The Morgan fingerprint density at radius 2 is 1.84 bits per heavy atom. The zero-order chi connectivity index (χ0) is 15.0. The molecular weight excluding hydrogens is 302 g/mol. The lowest BCUT2D eigenvalue weighted by atomic mass is 10.4. The van der Waals surface area contributed by atoms with E-state index in [1.54, 1.807) is 0 Å². The Kier molecular flexibility index (Phi) is 4.13. The molecule has 1 N–H and O–H groups in total. The Bertz CT molecular complexity index is 524. The molecule has 3 nitrogen and oxygen atoms in total. The highest BCUT2D eigenvalue weighted by molar-refractivity contribution is 8.00. The van der Waals surface area contributed by atoms with Gasteiger partial charge in [-0.15, -0.1) is 0 Å². The fourth-order valence-electron chi connectivity index (χ4n) is 1.06. The number of halogens is 6. The summed E-state index contributed by atoms with van der Waals surface area (Å²) >= 11 is -1.04. The Labute approximate surface area is 106 Å². The van der Waals surface area contributed by atoms with Crippen LogP contribution in [0.2, 0.25) is 0 Å². The van der Waals surface area contributed by atoms with E-state index in [-0.39, 0.29) is 5.76 Å². The summed E-state index contributed by atoms with van der Waals surface area (Å²) in [6.07, 6.45) is -10.3. The first-order valence-corrected chi connectivity index (χ1v) is 5.38. The van der Waals surface area contributed by atoms with E-state index in [4.69, 9.17) is 0 Å². The monoisotopic (exact) mass is 308 g/mol. The Balaban J connectivity index is 3.12. The number of aromatic hydroxyl groups is 1. The topological polar surface area (TPSA) is 50.4 Å². The molecule has 1 aromatic rings. The van der Waals surface area contributed by atoms with E-state index in [1.807, 2.05) is 0 Å². The minimum absolute atomic E-state index is 0.136. The summed E-state index contributed by atoms with van der Waals surface area (Å²) in [6, 6.07) is 0.751. The molecule has 1 rings (SSSR count). The van der Waals surface area contributed by atoms with E-state index < -0.39 is 45.6 Å². The van der Waals surface area contributed by atoms with Gasteiger partial charge in [0.1, 0.15) is 16.4 Å². The van der Waals surface area contributed by atoms with Crippen LogP contribution in [0.25, 0.3) is 0 Å². The molecular formula is C9H6F6O3S. The molecule has 0 saturated carbocycles. The van der Waals surface area contributed by atoms with Crippen molar-refractivity contribution < 1.29 is 35.9 Å². The highest BCUT2D eigenvalue weighted by Gasteiger charge is 2.58. The molecule has 19 heavy (non-hydrogen) atoms. The standard InChI is InChI=1S/C9H6F6O3S/c1-3-2-4(16)5(6(17)18-3)19-9(14,15)7(10)8(11,12)13/h2,7,16H,1H3/t7-/m1/s1. The van der Waals surface area contributed by atoms with Crippen LogP contribution >= 0.6 is 11.8 Å². The van der Waals surface area contributed by atoms with Gasteiger partial charge in [-0.1, -0.05) is 0 Å². The molecule has 1 aromatic heterocycles. The molecule has 0 saturated heterocycles. The maximum atomic E-state index is 13.0. The third-order valence-corrected chi connectivity index (χ3v) is 2.89. The highest BCUT2D eigenvalue weighted by Crippen LogP contribution is 2.46. The van der Waals surface area contributed by atoms with Crippen LogP contribution < -0.4 is 5.63 Å². The summed E-state index contributed by atoms with van der Waals surface area (Å²) in [4.78, 5) is 9.93. The van der Waals surface area contributed by atoms with Gasteiger partial charge in [-0.25, -0.2) is 9.18 Å². The summed E-state index contributed by atoms with van der Waals surface area (Å²) in [5.74, 6) is -1.14. The van der Waals surface area contributed by atoms with Crippen LogP contribution in [0, 0.1) is 6.92 Å². The van der Waals surface area contributed by atoms with Gasteiger partial charge in [0.05, 0.1) is 0 Å². The zero-order valence-corrected chi connectivity index (χ0v) is 9.91. The van der Waals surface area contributed by atoms with Crippen LogP contribution in [-0.2, 0) is 0 Å². The summed E-state index contributed by atoms with van der Waals surface area (Å²) in [7, 11) is 0. The van der Waals surface area contributed by atoms with Crippen LogP contribution in [0.4, 0.5) is 26.3 Å². The minimum atomic E-state index is -5.79. The molecule has 0 aliphatic heterocycles. The first-order valence-electron chi connectivity index (χ1n) is 4.56. The van der Waals surface area contributed by atoms with Crippen LogP contribution in [0.3, 0.4) is 0 Å². The maximum Gasteiger partial charge on any atom is 0.426 e. The number of hydrogen-bond donors (Lipinski definition) is 1. The van der Waals surface area contributed by atoms with E-state index >= 15 is 0 Å². The van der Waals surface area contributed by atoms with Gasteiger partial charge in [-0.3, -0.25) is 0 Å². The second-order valence-corrected chi connectivity index (χ2v) is 4.58. The van der Waals surface area contributed by atoms with Crippen LogP contribution in [0.5, 0.6) is 5.75 Å². The van der Waals surface area contributed by atoms with Crippen molar-refractivity contribution in [2.24, 2.45) is 0 Å². The van der Waals surface area contributed by atoms with E-state index in [0.29, 0.717) is 0 Å². The van der Waals surface area contributed by atoms with Gasteiger partial charge in [0, 0.05) is 6.07 Å². The molecule has 0 spiro atoms. The van der Waals surface area contributed by atoms with Crippen LogP contribution in [0.15, 0.2) is 20.2 Å². The minimum Gasteiger partial charge on any atom is -0.506 e. The Hall–Kier alpha value is -1.32. The molecule has 0 aromatic carbocycles. The number of thioether (sulfide) groups is 1. The van der Waals surface area contributed by atoms with E-state index in [1.165, 1.54) is 6.92 Å². The molecule has 0 radical (unpaired) electrons. The summed E-state index contributed by atoms with van der Waals surface area (Å²) in [5, 5.41) is 4.23. The molecule has 0 bridgehead atoms.